The van der Waals surface area contributed by atoms with Crippen LogP contribution in [0.25, 0.3) is 0 Å². The van der Waals surface area contributed by atoms with E-state index in [9.17, 15) is 18.0 Å². The molecule has 1 aromatic rings. The van der Waals surface area contributed by atoms with Gasteiger partial charge in [0.15, 0.2) is 0 Å². The second-order valence-electron chi connectivity index (χ2n) is 6.02. The van der Waals surface area contributed by atoms with Crippen LogP contribution in [-0.2, 0) is 19.6 Å². The fraction of sp³-hybridized carbons (Fsp3) is 0.500. The quantitative estimate of drug-likeness (QED) is 0.830. The minimum absolute atomic E-state index is 0.00102. The van der Waals surface area contributed by atoms with Gasteiger partial charge in [0.1, 0.15) is 0 Å². The van der Waals surface area contributed by atoms with Crippen LogP contribution in [0, 0.1) is 6.92 Å². The highest BCUT2D eigenvalue weighted by atomic mass is 32.2. The lowest BCUT2D eigenvalue weighted by atomic mass is 10.1. The van der Waals surface area contributed by atoms with Gasteiger partial charge in [-0.25, -0.2) is 13.1 Å². The number of amides is 2. The highest BCUT2D eigenvalue weighted by molar-refractivity contribution is 7.90. The Morgan fingerprint density at radius 1 is 1.17 bits per heavy atom. The standard InChI is InChI=1S/C16H23N3O4S/c1-12-10-14(6-7-15(12)17-13(2)20)24(22,23)18-16(21)11-19-8-4-3-5-9-19/h6-7,10H,3-5,8-9,11H2,1-2H3,(H,17,20)(H,18,21). The third kappa shape index (κ3) is 5.04. The second-order valence-corrected chi connectivity index (χ2v) is 7.71. The molecule has 7 nitrogen and oxygen atoms in total. The van der Waals surface area contributed by atoms with Gasteiger partial charge in [-0.05, 0) is 56.6 Å². The van der Waals surface area contributed by atoms with Crippen LogP contribution in [0.3, 0.4) is 0 Å². The molecule has 0 unspecified atom stereocenters. The Morgan fingerprint density at radius 2 is 1.83 bits per heavy atom. The number of nitrogens with zero attached hydrogens (tertiary/aromatic N) is 1. The van der Waals surface area contributed by atoms with Gasteiger partial charge in [-0.2, -0.15) is 0 Å². The van der Waals surface area contributed by atoms with Gasteiger partial charge in [0.05, 0.1) is 11.4 Å². The zero-order valence-corrected chi connectivity index (χ0v) is 14.8. The van der Waals surface area contributed by atoms with E-state index in [4.69, 9.17) is 0 Å². The summed E-state index contributed by atoms with van der Waals surface area (Å²) in [6.07, 6.45) is 3.21. The summed E-state index contributed by atoms with van der Waals surface area (Å²) in [4.78, 5) is 25.1. The number of carbonyl (C=O) groups is 2. The smallest absolute Gasteiger partial charge is 0.264 e. The van der Waals surface area contributed by atoms with Crippen LogP contribution in [0.2, 0.25) is 0 Å². The Labute approximate surface area is 142 Å². The molecule has 1 aliphatic rings. The van der Waals surface area contributed by atoms with Crippen LogP contribution in [-0.4, -0.2) is 44.8 Å². The maximum absolute atomic E-state index is 12.3. The molecule has 0 aliphatic carbocycles. The summed E-state index contributed by atoms with van der Waals surface area (Å²) >= 11 is 0. The lowest BCUT2D eigenvalue weighted by molar-refractivity contribution is -0.120. The van der Waals surface area contributed by atoms with Crippen molar-refractivity contribution in [1.29, 1.82) is 0 Å². The molecule has 0 bridgehead atoms. The lowest BCUT2D eigenvalue weighted by Crippen LogP contribution is -2.41. The van der Waals surface area contributed by atoms with Gasteiger partial charge in [0.25, 0.3) is 10.0 Å². The molecular weight excluding hydrogens is 330 g/mol. The molecule has 0 atom stereocenters. The number of likely N-dealkylation sites (tertiary alicyclic amines) is 1. The number of aryl methyl sites for hydroxylation is 1. The maximum atomic E-state index is 12.3. The van der Waals surface area contributed by atoms with E-state index in [1.54, 1.807) is 6.92 Å². The molecular formula is C16H23N3O4S. The third-order valence-electron chi connectivity index (χ3n) is 3.88. The van der Waals surface area contributed by atoms with E-state index in [-0.39, 0.29) is 17.3 Å². The van der Waals surface area contributed by atoms with E-state index >= 15 is 0 Å². The zero-order chi connectivity index (χ0) is 17.7. The molecule has 1 saturated heterocycles. The van der Waals surface area contributed by atoms with Crippen molar-refractivity contribution < 1.29 is 18.0 Å². The molecule has 2 N–H and O–H groups in total. The summed E-state index contributed by atoms with van der Waals surface area (Å²) in [5.74, 6) is -0.760. The summed E-state index contributed by atoms with van der Waals surface area (Å²) < 4.78 is 26.8. The van der Waals surface area contributed by atoms with E-state index in [1.807, 2.05) is 4.90 Å². The van der Waals surface area contributed by atoms with Crippen molar-refractivity contribution in [3.05, 3.63) is 23.8 Å². The van der Waals surface area contributed by atoms with Crippen LogP contribution in [0.4, 0.5) is 5.69 Å². The summed E-state index contributed by atoms with van der Waals surface area (Å²) in [7, 11) is -3.92. The highest BCUT2D eigenvalue weighted by Gasteiger charge is 2.21. The number of sulfonamides is 1. The second kappa shape index (κ2) is 7.76. The summed E-state index contributed by atoms with van der Waals surface area (Å²) in [5.41, 5.74) is 1.15. The molecule has 2 amide bonds. The number of hydrogen-bond donors (Lipinski definition) is 2. The molecule has 1 heterocycles. The van der Waals surface area contributed by atoms with E-state index in [1.165, 1.54) is 25.1 Å². The van der Waals surface area contributed by atoms with E-state index in [0.717, 1.165) is 32.4 Å². The van der Waals surface area contributed by atoms with Crippen LogP contribution >= 0.6 is 0 Å². The topological polar surface area (TPSA) is 95.6 Å². The first-order valence-electron chi connectivity index (χ1n) is 7.94. The number of anilines is 1. The molecule has 2 rings (SSSR count). The van der Waals surface area contributed by atoms with Gasteiger partial charge < -0.3 is 5.32 Å². The van der Waals surface area contributed by atoms with Crippen molar-refractivity contribution in [2.75, 3.05) is 25.0 Å². The number of hydrogen-bond acceptors (Lipinski definition) is 5. The monoisotopic (exact) mass is 353 g/mol. The first-order valence-corrected chi connectivity index (χ1v) is 9.42. The minimum atomic E-state index is -3.92. The predicted octanol–water partition coefficient (Wildman–Crippen LogP) is 1.24. The first-order chi connectivity index (χ1) is 11.3. The molecule has 24 heavy (non-hydrogen) atoms. The van der Waals surface area contributed by atoms with Gasteiger partial charge in [0, 0.05) is 12.6 Å². The van der Waals surface area contributed by atoms with Gasteiger partial charge in [-0.15, -0.1) is 0 Å². The average molecular weight is 353 g/mol. The third-order valence-corrected chi connectivity index (χ3v) is 5.25. The Bertz CT molecular complexity index is 725. The van der Waals surface area contributed by atoms with E-state index in [2.05, 4.69) is 10.0 Å². The van der Waals surface area contributed by atoms with Crippen molar-refractivity contribution in [2.45, 2.75) is 38.0 Å². The lowest BCUT2D eigenvalue weighted by Gasteiger charge is -2.25. The van der Waals surface area contributed by atoms with Crippen molar-refractivity contribution in [3.63, 3.8) is 0 Å². The van der Waals surface area contributed by atoms with Gasteiger partial charge >= 0.3 is 0 Å². The number of piperidine rings is 1. The molecule has 0 aromatic heterocycles. The summed E-state index contributed by atoms with van der Waals surface area (Å²) in [6, 6.07) is 4.32. The predicted molar refractivity (Wildman–Crippen MR) is 91.1 cm³/mol. The molecule has 1 aromatic carbocycles. The van der Waals surface area contributed by atoms with Crippen molar-refractivity contribution >= 4 is 27.5 Å². The van der Waals surface area contributed by atoms with Gasteiger partial charge in [0.2, 0.25) is 11.8 Å². The molecule has 1 fully saturated rings. The van der Waals surface area contributed by atoms with Gasteiger partial charge in [-0.1, -0.05) is 6.42 Å². The molecule has 0 saturated carbocycles. The number of carbonyl (C=O) groups excluding carboxylic acids is 2. The van der Waals surface area contributed by atoms with Crippen molar-refractivity contribution in [2.24, 2.45) is 0 Å². The normalized spacial score (nSPS) is 15.8. The minimum Gasteiger partial charge on any atom is -0.326 e. The Balaban J connectivity index is 2.05. The molecule has 0 radical (unpaired) electrons. The molecule has 8 heteroatoms. The molecule has 1 aliphatic heterocycles. The summed E-state index contributed by atoms with van der Waals surface area (Å²) in [6.45, 7) is 4.79. The summed E-state index contributed by atoms with van der Waals surface area (Å²) in [5, 5.41) is 2.62. The fourth-order valence-corrected chi connectivity index (χ4v) is 3.76. The van der Waals surface area contributed by atoms with E-state index < -0.39 is 15.9 Å². The number of nitrogens with one attached hydrogen (secondary N) is 2. The van der Waals surface area contributed by atoms with Crippen LogP contribution < -0.4 is 10.0 Å². The van der Waals surface area contributed by atoms with Crippen LogP contribution in [0.1, 0.15) is 31.7 Å². The number of benzene rings is 1. The highest BCUT2D eigenvalue weighted by Crippen LogP contribution is 2.19. The Kier molecular flexibility index (Phi) is 5.95. The van der Waals surface area contributed by atoms with Crippen molar-refractivity contribution in [1.82, 2.24) is 9.62 Å². The van der Waals surface area contributed by atoms with Gasteiger partial charge in [-0.3, -0.25) is 14.5 Å². The zero-order valence-electron chi connectivity index (χ0n) is 14.0. The Morgan fingerprint density at radius 3 is 2.42 bits per heavy atom. The largest absolute Gasteiger partial charge is 0.326 e. The molecule has 132 valence electrons. The van der Waals surface area contributed by atoms with E-state index in [0.29, 0.717) is 11.3 Å². The Hall–Kier alpha value is -1.93. The van der Waals surface area contributed by atoms with Crippen molar-refractivity contribution in [3.8, 4) is 0 Å². The fourth-order valence-electron chi connectivity index (χ4n) is 2.69. The van der Waals surface area contributed by atoms with Crippen LogP contribution in [0.15, 0.2) is 23.1 Å². The maximum Gasteiger partial charge on any atom is 0.264 e. The SMILES string of the molecule is CC(=O)Nc1ccc(S(=O)(=O)NC(=O)CN2CCCCC2)cc1C. The molecule has 0 spiro atoms. The first kappa shape index (κ1) is 18.4. The number of rotatable bonds is 5. The average Bonchev–Trinajstić information content (AvgIpc) is 2.49. The van der Waals surface area contributed by atoms with Crippen LogP contribution in [0.5, 0.6) is 0 Å².